The van der Waals surface area contributed by atoms with E-state index >= 15 is 0 Å². The maximum absolute atomic E-state index is 13.1. The number of hydrogen-bond donors (Lipinski definition) is 1. The van der Waals surface area contributed by atoms with Crippen LogP contribution in [0.3, 0.4) is 0 Å². The summed E-state index contributed by atoms with van der Waals surface area (Å²) < 4.78 is 11.7. The molecular formula is C24H28N6O3. The van der Waals surface area contributed by atoms with Crippen molar-refractivity contribution in [3.63, 3.8) is 0 Å². The van der Waals surface area contributed by atoms with E-state index < -0.39 is 0 Å². The largest absolute Gasteiger partial charge is 0.492 e. The van der Waals surface area contributed by atoms with Crippen LogP contribution >= 0.6 is 0 Å². The van der Waals surface area contributed by atoms with Gasteiger partial charge in [0.05, 0.1) is 24.5 Å². The van der Waals surface area contributed by atoms with Gasteiger partial charge in [-0.3, -0.25) is 4.79 Å². The number of nitrogens with two attached hydrogens (primary N) is 1. The first-order valence-corrected chi connectivity index (χ1v) is 10.8. The van der Waals surface area contributed by atoms with E-state index in [-0.39, 0.29) is 18.0 Å². The van der Waals surface area contributed by atoms with Crippen molar-refractivity contribution < 1.29 is 14.3 Å². The fraction of sp³-hybridized carbons (Fsp3) is 0.333. The minimum Gasteiger partial charge on any atom is -0.492 e. The predicted octanol–water partition coefficient (Wildman–Crippen LogP) is 2.27. The summed E-state index contributed by atoms with van der Waals surface area (Å²) in [4.78, 5) is 29.7. The molecule has 0 bridgehead atoms. The molecule has 9 nitrogen and oxygen atoms in total. The van der Waals surface area contributed by atoms with E-state index in [0.29, 0.717) is 31.9 Å². The van der Waals surface area contributed by atoms with Crippen molar-refractivity contribution >= 4 is 11.9 Å². The first-order valence-electron chi connectivity index (χ1n) is 10.8. The third-order valence-corrected chi connectivity index (χ3v) is 5.33. The first kappa shape index (κ1) is 22.6. The number of pyridine rings is 1. The number of ether oxygens (including phenoxy) is 2. The van der Waals surface area contributed by atoms with Crippen LogP contribution in [0.25, 0.3) is 11.3 Å². The van der Waals surface area contributed by atoms with Crippen LogP contribution in [0.4, 0.5) is 5.95 Å². The number of carbonyl (C=O) groups is 1. The molecule has 1 amide bonds. The Balaban J connectivity index is 1.41. The van der Waals surface area contributed by atoms with Gasteiger partial charge >= 0.3 is 0 Å². The summed E-state index contributed by atoms with van der Waals surface area (Å²) in [5.74, 6) is 0.931. The SMILES string of the molecule is CN(C)CCOc1ccc(C(=O)N2CCOC(c3cccc(-c4cnc(N)nc4)n3)C2)cc1. The van der Waals surface area contributed by atoms with Gasteiger partial charge in [-0.15, -0.1) is 0 Å². The standard InChI is InChI=1S/C24H28N6O3/c1-29(2)10-12-32-19-8-6-17(7-9-19)23(31)30-11-13-33-22(16-30)21-5-3-4-20(28-21)18-14-26-24(25)27-15-18/h3-9,14-15,22H,10-13,16H2,1-2H3,(H2,25,26,27). The lowest BCUT2D eigenvalue weighted by molar-refractivity contribution is -0.0246. The molecule has 0 spiro atoms. The molecule has 2 aromatic heterocycles. The molecule has 1 fully saturated rings. The Morgan fingerprint density at radius 2 is 1.94 bits per heavy atom. The van der Waals surface area contributed by atoms with Crippen LogP contribution in [0.15, 0.2) is 54.9 Å². The van der Waals surface area contributed by atoms with Crippen molar-refractivity contribution in [1.82, 2.24) is 24.8 Å². The minimum atomic E-state index is -0.314. The second kappa shape index (κ2) is 10.4. The number of carbonyl (C=O) groups excluding carboxylic acids is 1. The number of aromatic nitrogens is 3. The molecule has 0 saturated carbocycles. The molecule has 4 rings (SSSR count). The average molecular weight is 449 g/mol. The van der Waals surface area contributed by atoms with E-state index in [0.717, 1.165) is 29.2 Å². The summed E-state index contributed by atoms with van der Waals surface area (Å²) in [7, 11) is 4.00. The molecule has 1 aliphatic rings. The van der Waals surface area contributed by atoms with Gasteiger partial charge in [0.15, 0.2) is 0 Å². The maximum Gasteiger partial charge on any atom is 0.254 e. The molecule has 1 unspecified atom stereocenters. The lowest BCUT2D eigenvalue weighted by Crippen LogP contribution is -2.42. The zero-order valence-electron chi connectivity index (χ0n) is 18.8. The van der Waals surface area contributed by atoms with Crippen molar-refractivity contribution in [2.45, 2.75) is 6.10 Å². The molecule has 1 aliphatic heterocycles. The van der Waals surface area contributed by atoms with Crippen LogP contribution in [0.1, 0.15) is 22.2 Å². The van der Waals surface area contributed by atoms with Crippen LogP contribution in [0.2, 0.25) is 0 Å². The van der Waals surface area contributed by atoms with Gasteiger partial charge in [0.25, 0.3) is 5.91 Å². The fourth-order valence-corrected chi connectivity index (χ4v) is 3.50. The number of amides is 1. The quantitative estimate of drug-likeness (QED) is 0.587. The molecule has 1 aromatic carbocycles. The summed E-state index contributed by atoms with van der Waals surface area (Å²) in [5, 5.41) is 0. The predicted molar refractivity (Wildman–Crippen MR) is 125 cm³/mol. The number of likely N-dealkylation sites (N-methyl/N-ethyl adjacent to an activating group) is 1. The topological polar surface area (TPSA) is 107 Å². The maximum atomic E-state index is 13.1. The highest BCUT2D eigenvalue weighted by Gasteiger charge is 2.27. The Labute approximate surface area is 193 Å². The first-order chi connectivity index (χ1) is 16.0. The Morgan fingerprint density at radius 1 is 1.18 bits per heavy atom. The van der Waals surface area contributed by atoms with E-state index in [9.17, 15) is 4.79 Å². The van der Waals surface area contributed by atoms with E-state index in [1.165, 1.54) is 0 Å². The molecule has 2 N–H and O–H groups in total. The summed E-state index contributed by atoms with van der Waals surface area (Å²) >= 11 is 0. The summed E-state index contributed by atoms with van der Waals surface area (Å²) in [6.07, 6.45) is 2.96. The second-order valence-electron chi connectivity index (χ2n) is 8.06. The number of nitrogen functional groups attached to an aromatic ring is 1. The van der Waals surface area contributed by atoms with Gasteiger partial charge in [-0.1, -0.05) is 6.07 Å². The smallest absolute Gasteiger partial charge is 0.254 e. The van der Waals surface area contributed by atoms with Gasteiger partial charge in [0.2, 0.25) is 5.95 Å². The van der Waals surface area contributed by atoms with E-state index in [2.05, 4.69) is 14.9 Å². The van der Waals surface area contributed by atoms with Crippen LogP contribution in [-0.4, -0.2) is 77.6 Å². The van der Waals surface area contributed by atoms with E-state index in [1.54, 1.807) is 29.4 Å². The number of morpholine rings is 1. The second-order valence-corrected chi connectivity index (χ2v) is 8.06. The normalized spacial score (nSPS) is 16.1. The number of rotatable bonds is 7. The number of nitrogens with zero attached hydrogens (tertiary/aromatic N) is 5. The highest BCUT2D eigenvalue weighted by atomic mass is 16.5. The average Bonchev–Trinajstić information content (AvgIpc) is 2.84. The van der Waals surface area contributed by atoms with Gasteiger partial charge in [0, 0.05) is 36.6 Å². The highest BCUT2D eigenvalue weighted by Crippen LogP contribution is 2.25. The Hall–Kier alpha value is -3.56. The number of hydrogen-bond acceptors (Lipinski definition) is 8. The molecular weight excluding hydrogens is 420 g/mol. The highest BCUT2D eigenvalue weighted by molar-refractivity contribution is 5.94. The van der Waals surface area contributed by atoms with Crippen molar-refractivity contribution in [3.05, 3.63) is 66.1 Å². The summed E-state index contributed by atoms with van der Waals surface area (Å²) in [5.41, 5.74) is 8.45. The minimum absolute atomic E-state index is 0.0359. The van der Waals surface area contributed by atoms with Crippen molar-refractivity contribution in [3.8, 4) is 17.0 Å². The third-order valence-electron chi connectivity index (χ3n) is 5.33. The van der Waals surface area contributed by atoms with Crippen LogP contribution in [-0.2, 0) is 4.74 Å². The van der Waals surface area contributed by atoms with Crippen molar-refractivity contribution in [1.29, 1.82) is 0 Å². The van der Waals surface area contributed by atoms with Gasteiger partial charge in [0.1, 0.15) is 18.5 Å². The molecule has 9 heteroatoms. The molecule has 1 saturated heterocycles. The lowest BCUT2D eigenvalue weighted by atomic mass is 10.1. The fourth-order valence-electron chi connectivity index (χ4n) is 3.50. The van der Waals surface area contributed by atoms with Crippen molar-refractivity contribution in [2.24, 2.45) is 0 Å². The van der Waals surface area contributed by atoms with E-state index in [1.807, 2.05) is 44.4 Å². The zero-order valence-corrected chi connectivity index (χ0v) is 18.8. The summed E-state index contributed by atoms with van der Waals surface area (Å²) in [6, 6.07) is 13.0. The number of anilines is 1. The van der Waals surface area contributed by atoms with Crippen LogP contribution < -0.4 is 10.5 Å². The Morgan fingerprint density at radius 3 is 2.67 bits per heavy atom. The van der Waals surface area contributed by atoms with Gasteiger partial charge < -0.3 is 25.0 Å². The van der Waals surface area contributed by atoms with Gasteiger partial charge in [-0.2, -0.15) is 0 Å². The Kier molecular flexibility index (Phi) is 7.11. The monoisotopic (exact) mass is 448 g/mol. The van der Waals surface area contributed by atoms with Crippen molar-refractivity contribution in [2.75, 3.05) is 52.7 Å². The van der Waals surface area contributed by atoms with E-state index in [4.69, 9.17) is 20.2 Å². The zero-order chi connectivity index (χ0) is 23.2. The molecule has 3 heterocycles. The molecule has 1 atom stereocenters. The molecule has 0 radical (unpaired) electrons. The molecule has 172 valence electrons. The Bertz CT molecular complexity index is 1070. The third kappa shape index (κ3) is 5.82. The summed E-state index contributed by atoms with van der Waals surface area (Å²) in [6.45, 7) is 2.83. The van der Waals surface area contributed by atoms with Crippen LogP contribution in [0, 0.1) is 0 Å². The van der Waals surface area contributed by atoms with Gasteiger partial charge in [-0.25, -0.2) is 15.0 Å². The lowest BCUT2D eigenvalue weighted by Gasteiger charge is -2.33. The molecule has 0 aliphatic carbocycles. The van der Waals surface area contributed by atoms with Gasteiger partial charge in [-0.05, 0) is 50.5 Å². The molecule has 3 aromatic rings. The molecule has 33 heavy (non-hydrogen) atoms. The number of benzene rings is 1. The van der Waals surface area contributed by atoms with Crippen LogP contribution in [0.5, 0.6) is 5.75 Å².